The number of halogens is 1. The van der Waals surface area contributed by atoms with Crippen LogP contribution < -0.4 is 10.6 Å². The van der Waals surface area contributed by atoms with Crippen molar-refractivity contribution in [2.75, 3.05) is 18.4 Å². The van der Waals surface area contributed by atoms with E-state index >= 15 is 0 Å². The fraction of sp³-hybridized carbons (Fsp3) is 0.316. The average molecular weight is 388 g/mol. The van der Waals surface area contributed by atoms with E-state index in [9.17, 15) is 4.79 Å². The van der Waals surface area contributed by atoms with Crippen LogP contribution in [-0.4, -0.2) is 30.1 Å². The molecular weight excluding hydrogens is 366 g/mol. The number of anilines is 1. The minimum atomic E-state index is -0.126. The highest BCUT2D eigenvalue weighted by Gasteiger charge is 2.20. The summed E-state index contributed by atoms with van der Waals surface area (Å²) < 4.78 is 0.999. The third kappa shape index (κ3) is 5.08. The molecule has 0 unspecified atom stereocenters. The molecule has 0 saturated carbocycles. The lowest BCUT2D eigenvalue weighted by Gasteiger charge is -2.32. The lowest BCUT2D eigenvalue weighted by molar-refractivity contribution is 0.190. The number of likely N-dealkylation sites (tertiary alicyclic amines) is 1. The molecule has 2 N–H and O–H groups in total. The lowest BCUT2D eigenvalue weighted by atomic mass is 10.0. The lowest BCUT2D eigenvalue weighted by Crippen LogP contribution is -2.45. The van der Waals surface area contributed by atoms with Crippen molar-refractivity contribution in [1.29, 1.82) is 0 Å². The molecule has 4 nitrogen and oxygen atoms in total. The van der Waals surface area contributed by atoms with Gasteiger partial charge in [0.1, 0.15) is 0 Å². The summed E-state index contributed by atoms with van der Waals surface area (Å²) in [6.07, 6.45) is 1.97. The highest BCUT2D eigenvalue weighted by Crippen LogP contribution is 2.16. The molecule has 2 aromatic rings. The first-order valence-corrected chi connectivity index (χ1v) is 9.08. The molecule has 1 aliphatic rings. The molecule has 1 aliphatic heterocycles. The number of amides is 2. The van der Waals surface area contributed by atoms with Crippen LogP contribution in [0.3, 0.4) is 0 Å². The van der Waals surface area contributed by atoms with E-state index in [0.717, 1.165) is 42.6 Å². The largest absolute Gasteiger partial charge is 0.335 e. The van der Waals surface area contributed by atoms with Gasteiger partial charge in [-0.25, -0.2) is 4.79 Å². The zero-order valence-corrected chi connectivity index (χ0v) is 15.1. The van der Waals surface area contributed by atoms with Crippen molar-refractivity contribution >= 4 is 27.6 Å². The van der Waals surface area contributed by atoms with Gasteiger partial charge >= 0.3 is 6.03 Å². The van der Waals surface area contributed by atoms with Gasteiger partial charge in [0.2, 0.25) is 0 Å². The van der Waals surface area contributed by atoms with Gasteiger partial charge < -0.3 is 10.6 Å². The Morgan fingerprint density at radius 1 is 1.04 bits per heavy atom. The summed E-state index contributed by atoms with van der Waals surface area (Å²) >= 11 is 3.39. The number of piperidine rings is 1. The van der Waals surface area contributed by atoms with Gasteiger partial charge in [-0.2, -0.15) is 0 Å². The van der Waals surface area contributed by atoms with Gasteiger partial charge in [-0.1, -0.05) is 46.3 Å². The standard InChI is InChI=1S/C19H22BrN3O/c20-16-6-8-17(9-7-16)21-19(24)22-18-10-12-23(13-11-18)14-15-4-2-1-3-5-15/h1-9,18H,10-14H2,(H2,21,22,24). The molecule has 3 rings (SSSR count). The van der Waals surface area contributed by atoms with Gasteiger partial charge in [0.25, 0.3) is 0 Å². The molecule has 24 heavy (non-hydrogen) atoms. The number of nitrogens with zero attached hydrogens (tertiary/aromatic N) is 1. The second-order valence-electron chi connectivity index (χ2n) is 6.14. The van der Waals surface area contributed by atoms with E-state index in [1.54, 1.807) is 0 Å². The Morgan fingerprint density at radius 3 is 2.38 bits per heavy atom. The van der Waals surface area contributed by atoms with Crippen LogP contribution in [0.1, 0.15) is 18.4 Å². The maximum atomic E-state index is 12.1. The van der Waals surface area contributed by atoms with Gasteiger partial charge in [-0.3, -0.25) is 4.90 Å². The summed E-state index contributed by atoms with van der Waals surface area (Å²) in [5.74, 6) is 0. The fourth-order valence-corrected chi connectivity index (χ4v) is 3.23. The summed E-state index contributed by atoms with van der Waals surface area (Å²) in [5, 5.41) is 5.96. The van der Waals surface area contributed by atoms with Crippen molar-refractivity contribution in [3.63, 3.8) is 0 Å². The smallest absolute Gasteiger partial charge is 0.319 e. The molecule has 126 valence electrons. The SMILES string of the molecule is O=C(Nc1ccc(Br)cc1)NC1CCN(Cc2ccccc2)CC1. The Morgan fingerprint density at radius 2 is 1.71 bits per heavy atom. The molecule has 0 aliphatic carbocycles. The van der Waals surface area contributed by atoms with Crippen molar-refractivity contribution < 1.29 is 4.79 Å². The van der Waals surface area contributed by atoms with Crippen LogP contribution in [0.5, 0.6) is 0 Å². The second kappa shape index (κ2) is 8.31. The Balaban J connectivity index is 1.41. The molecular formula is C19H22BrN3O. The van der Waals surface area contributed by atoms with Crippen LogP contribution in [0.15, 0.2) is 59.1 Å². The Labute approximate surface area is 151 Å². The number of hydrogen-bond donors (Lipinski definition) is 2. The van der Waals surface area contributed by atoms with E-state index in [-0.39, 0.29) is 12.1 Å². The molecule has 1 saturated heterocycles. The highest BCUT2D eigenvalue weighted by molar-refractivity contribution is 9.10. The fourth-order valence-electron chi connectivity index (χ4n) is 2.96. The van der Waals surface area contributed by atoms with Gasteiger partial charge in [0, 0.05) is 35.8 Å². The number of nitrogens with one attached hydrogen (secondary N) is 2. The minimum Gasteiger partial charge on any atom is -0.335 e. The zero-order valence-electron chi connectivity index (χ0n) is 13.5. The van der Waals surface area contributed by atoms with E-state index in [1.165, 1.54) is 5.56 Å². The minimum absolute atomic E-state index is 0.126. The number of carbonyl (C=O) groups excluding carboxylic acids is 1. The van der Waals surface area contributed by atoms with Gasteiger partial charge in [-0.05, 0) is 42.7 Å². The van der Waals surface area contributed by atoms with Crippen LogP contribution in [0.2, 0.25) is 0 Å². The number of urea groups is 1. The second-order valence-corrected chi connectivity index (χ2v) is 7.06. The van der Waals surface area contributed by atoms with E-state index in [2.05, 4.69) is 55.7 Å². The maximum Gasteiger partial charge on any atom is 0.319 e. The van der Waals surface area contributed by atoms with Crippen molar-refractivity contribution in [2.45, 2.75) is 25.4 Å². The van der Waals surface area contributed by atoms with Crippen LogP contribution in [0.25, 0.3) is 0 Å². The summed E-state index contributed by atoms with van der Waals surface area (Å²) in [4.78, 5) is 14.5. The van der Waals surface area contributed by atoms with E-state index < -0.39 is 0 Å². The monoisotopic (exact) mass is 387 g/mol. The summed E-state index contributed by atoms with van der Waals surface area (Å²) in [5.41, 5.74) is 2.15. The van der Waals surface area contributed by atoms with E-state index in [0.29, 0.717) is 0 Å². The van der Waals surface area contributed by atoms with Crippen LogP contribution in [0, 0.1) is 0 Å². The molecule has 0 radical (unpaired) electrons. The quantitative estimate of drug-likeness (QED) is 0.823. The van der Waals surface area contributed by atoms with Gasteiger partial charge in [0.05, 0.1) is 0 Å². The van der Waals surface area contributed by atoms with Crippen molar-refractivity contribution in [3.8, 4) is 0 Å². The summed E-state index contributed by atoms with van der Waals surface area (Å²) in [6, 6.07) is 18.2. The zero-order chi connectivity index (χ0) is 16.8. The molecule has 2 aromatic carbocycles. The van der Waals surface area contributed by atoms with Crippen molar-refractivity contribution in [2.24, 2.45) is 0 Å². The summed E-state index contributed by atoms with van der Waals surface area (Å²) in [6.45, 7) is 3.01. The predicted octanol–water partition coefficient (Wildman–Crippen LogP) is 4.24. The van der Waals surface area contributed by atoms with Crippen LogP contribution in [-0.2, 0) is 6.54 Å². The third-order valence-electron chi connectivity index (χ3n) is 4.27. The van der Waals surface area contributed by atoms with Crippen molar-refractivity contribution in [1.82, 2.24) is 10.2 Å². The van der Waals surface area contributed by atoms with E-state index in [1.807, 2.05) is 30.3 Å². The molecule has 1 fully saturated rings. The number of benzene rings is 2. The molecule has 5 heteroatoms. The Hall–Kier alpha value is -1.85. The molecule has 0 aromatic heterocycles. The molecule has 0 spiro atoms. The molecule has 1 heterocycles. The first kappa shape index (κ1) is 17.0. The first-order valence-electron chi connectivity index (χ1n) is 8.28. The predicted molar refractivity (Wildman–Crippen MR) is 101 cm³/mol. The maximum absolute atomic E-state index is 12.1. The Bertz CT molecular complexity index is 652. The van der Waals surface area contributed by atoms with Gasteiger partial charge in [0.15, 0.2) is 0 Å². The average Bonchev–Trinajstić information content (AvgIpc) is 2.60. The normalized spacial score (nSPS) is 15.9. The molecule has 0 atom stereocenters. The Kier molecular flexibility index (Phi) is 5.88. The van der Waals surface area contributed by atoms with Gasteiger partial charge in [-0.15, -0.1) is 0 Å². The van der Waals surface area contributed by atoms with Crippen LogP contribution in [0.4, 0.5) is 10.5 Å². The number of carbonyl (C=O) groups is 1. The third-order valence-corrected chi connectivity index (χ3v) is 4.80. The first-order chi connectivity index (χ1) is 11.7. The molecule has 0 bridgehead atoms. The van der Waals surface area contributed by atoms with Crippen LogP contribution >= 0.6 is 15.9 Å². The van der Waals surface area contributed by atoms with E-state index in [4.69, 9.17) is 0 Å². The van der Waals surface area contributed by atoms with Crippen molar-refractivity contribution in [3.05, 3.63) is 64.6 Å². The number of hydrogen-bond acceptors (Lipinski definition) is 2. The highest BCUT2D eigenvalue weighted by atomic mass is 79.9. The number of rotatable bonds is 4. The topological polar surface area (TPSA) is 44.4 Å². The molecule has 2 amide bonds. The summed E-state index contributed by atoms with van der Waals surface area (Å²) in [7, 11) is 0.